The lowest BCUT2D eigenvalue weighted by molar-refractivity contribution is 0.0419. The van der Waals surface area contributed by atoms with E-state index in [9.17, 15) is 19.8 Å². The van der Waals surface area contributed by atoms with E-state index < -0.39 is 11.9 Å². The number of carbonyl (C=O) groups is 2. The summed E-state index contributed by atoms with van der Waals surface area (Å²) in [4.78, 5) is 27.5. The number of ether oxygens (including phenoxy) is 2. The number of carboxylic acids is 2. The van der Waals surface area contributed by atoms with Gasteiger partial charge in [0.15, 0.2) is 0 Å². The largest absolute Gasteiger partial charge is 0.476 e. The van der Waals surface area contributed by atoms with Gasteiger partial charge < -0.3 is 29.5 Å². The van der Waals surface area contributed by atoms with Gasteiger partial charge in [-0.2, -0.15) is 0 Å². The van der Waals surface area contributed by atoms with Crippen molar-refractivity contribution < 1.29 is 29.3 Å². The second kappa shape index (κ2) is 14.4. The summed E-state index contributed by atoms with van der Waals surface area (Å²) in [6.45, 7) is 1.91. The first-order valence-corrected chi connectivity index (χ1v) is 15.5. The van der Waals surface area contributed by atoms with Gasteiger partial charge in [0.2, 0.25) is 11.4 Å². The number of H-pyrrole nitrogens is 2. The number of hydrogen-bond donors (Lipinski definition) is 4. The second-order valence-corrected chi connectivity index (χ2v) is 11.9. The Balaban J connectivity index is 1.08. The van der Waals surface area contributed by atoms with Crippen LogP contribution in [0.2, 0.25) is 0 Å². The van der Waals surface area contributed by atoms with Crippen LogP contribution in [-0.2, 0) is 0 Å². The van der Waals surface area contributed by atoms with Gasteiger partial charge in [-0.15, -0.1) is 0 Å². The minimum Gasteiger partial charge on any atom is -0.476 e. The molecule has 2 aromatic carbocycles. The van der Waals surface area contributed by atoms with Gasteiger partial charge in [0.05, 0.1) is 0 Å². The van der Waals surface area contributed by atoms with E-state index in [1.165, 1.54) is 0 Å². The number of rotatable bonds is 7. The van der Waals surface area contributed by atoms with Crippen LogP contribution in [0.25, 0.3) is 0 Å². The molecule has 4 aromatic rings. The second-order valence-electron chi connectivity index (χ2n) is 11.9. The first-order valence-electron chi connectivity index (χ1n) is 15.5. The third-order valence-electron chi connectivity index (χ3n) is 8.71. The Morgan fingerprint density at radius 3 is 1.81 bits per heavy atom. The van der Waals surface area contributed by atoms with Crippen molar-refractivity contribution >= 4 is 11.9 Å². The molecule has 2 fully saturated rings. The number of hydrogen-bond acceptors (Lipinski definition) is 10. The van der Waals surface area contributed by atoms with Crippen molar-refractivity contribution in [3.63, 3.8) is 0 Å². The molecule has 0 aliphatic carbocycles. The topological polar surface area (TPSA) is 183 Å². The van der Waals surface area contributed by atoms with Crippen LogP contribution in [0.5, 0.6) is 23.3 Å². The maximum absolute atomic E-state index is 11.3. The summed E-state index contributed by atoms with van der Waals surface area (Å²) in [6.07, 6.45) is 3.88. The van der Waals surface area contributed by atoms with Crippen molar-refractivity contribution in [2.45, 2.75) is 37.8 Å². The fraction of sp³-hybridized carbons (Fsp3) is 0.353. The number of carboxylic acid groups (broad SMARTS) is 2. The molecule has 48 heavy (non-hydrogen) atoms. The van der Waals surface area contributed by atoms with Crippen LogP contribution in [0.1, 0.15) is 57.8 Å². The molecule has 246 valence electrons. The fourth-order valence-corrected chi connectivity index (χ4v) is 6.09. The van der Waals surface area contributed by atoms with E-state index in [1.807, 2.05) is 24.3 Å². The highest BCUT2D eigenvalue weighted by Crippen LogP contribution is 2.32. The lowest BCUT2D eigenvalue weighted by Crippen LogP contribution is -2.55. The lowest BCUT2D eigenvalue weighted by Gasteiger charge is -2.46. The van der Waals surface area contributed by atoms with E-state index in [4.69, 9.17) is 9.47 Å². The Bertz CT molecular complexity index is 1900. The summed E-state index contributed by atoms with van der Waals surface area (Å²) >= 11 is 0. The predicted octanol–water partition coefficient (Wildman–Crippen LogP) is 3.73. The molecule has 0 radical (unpaired) electrons. The van der Waals surface area contributed by atoms with Gasteiger partial charge in [-0.1, -0.05) is 50.4 Å². The Morgan fingerprint density at radius 1 is 0.750 bits per heavy atom. The Hall–Kier alpha value is -5.70. The number of likely N-dealkylation sites (N-methyl/N-ethyl adjacent to an activating group) is 2. The quantitative estimate of drug-likeness (QED) is 0.213. The molecular formula is C34H34N8O6. The zero-order valence-corrected chi connectivity index (χ0v) is 26.4. The highest BCUT2D eigenvalue weighted by molar-refractivity contribution is 5.88. The van der Waals surface area contributed by atoms with Crippen LogP contribution in [0.15, 0.2) is 48.5 Å². The molecule has 0 bridgehead atoms. The van der Waals surface area contributed by atoms with Crippen molar-refractivity contribution in [1.29, 1.82) is 0 Å². The van der Waals surface area contributed by atoms with Crippen molar-refractivity contribution in [1.82, 2.24) is 40.6 Å². The van der Waals surface area contributed by atoms with Gasteiger partial charge in [-0.25, -0.2) is 19.8 Å². The van der Waals surface area contributed by atoms with E-state index in [0.717, 1.165) is 49.9 Å². The first-order chi connectivity index (χ1) is 23.2. The zero-order chi connectivity index (χ0) is 33.6. The van der Waals surface area contributed by atoms with E-state index >= 15 is 0 Å². The fourth-order valence-electron chi connectivity index (χ4n) is 6.09. The Kier molecular flexibility index (Phi) is 9.66. The minimum atomic E-state index is -1.20. The maximum atomic E-state index is 11.3. The number of benzene rings is 2. The molecular weight excluding hydrogens is 616 g/mol. The van der Waals surface area contributed by atoms with Gasteiger partial charge in [0, 0.05) is 35.0 Å². The van der Waals surface area contributed by atoms with E-state index in [1.54, 1.807) is 24.3 Å². The molecule has 0 saturated carbocycles. The molecule has 2 aromatic heterocycles. The molecule has 4 N–H and O–H groups in total. The monoisotopic (exact) mass is 650 g/mol. The maximum Gasteiger partial charge on any atom is 0.359 e. The van der Waals surface area contributed by atoms with E-state index in [-0.39, 0.29) is 35.0 Å². The minimum absolute atomic E-state index is 0.0970. The zero-order valence-electron chi connectivity index (χ0n) is 26.4. The van der Waals surface area contributed by atoms with Crippen molar-refractivity contribution in [3.05, 3.63) is 71.0 Å². The van der Waals surface area contributed by atoms with E-state index in [2.05, 4.69) is 78.4 Å². The molecule has 14 nitrogen and oxygen atoms in total. The van der Waals surface area contributed by atoms with Crippen molar-refractivity contribution in [3.8, 4) is 46.9 Å². The van der Waals surface area contributed by atoms with Gasteiger partial charge in [0.25, 0.3) is 11.8 Å². The van der Waals surface area contributed by atoms with Crippen LogP contribution in [0.3, 0.4) is 0 Å². The van der Waals surface area contributed by atoms with Crippen molar-refractivity contribution in [2.75, 3.05) is 27.2 Å². The van der Waals surface area contributed by atoms with Crippen molar-refractivity contribution in [2.24, 2.45) is 11.8 Å². The molecule has 6 rings (SSSR count). The number of nitrogens with one attached hydrogen (secondary N) is 2. The summed E-state index contributed by atoms with van der Waals surface area (Å²) in [5.41, 5.74) is 1.19. The van der Waals surface area contributed by atoms with Crippen LogP contribution in [0, 0.1) is 35.5 Å². The molecule has 4 heterocycles. The summed E-state index contributed by atoms with van der Waals surface area (Å²) in [7, 11) is 4.38. The van der Waals surface area contributed by atoms with Gasteiger partial charge in [-0.05, 0) is 95.3 Å². The highest BCUT2D eigenvalue weighted by Gasteiger charge is 2.37. The Morgan fingerprint density at radius 2 is 1.27 bits per heavy atom. The molecule has 0 spiro atoms. The SMILES string of the molecule is CN1CCC(C#Cc2ccc(Oc3nn[nH]c3C(=O)O)cc2)CC1C1CC(C#Cc2cccc(Oc3nn[nH]c3C(=O)O)c2)CCN1C. The number of likely N-dealkylation sites (tertiary alicyclic amines) is 2. The third-order valence-corrected chi connectivity index (χ3v) is 8.71. The average molecular weight is 651 g/mol. The molecule has 14 heteroatoms. The number of piperidine rings is 2. The molecule has 4 atom stereocenters. The number of aromatic nitrogens is 6. The lowest BCUT2D eigenvalue weighted by atomic mass is 9.81. The van der Waals surface area contributed by atoms with E-state index in [0.29, 0.717) is 23.6 Å². The molecule has 4 unspecified atom stereocenters. The summed E-state index contributed by atoms with van der Waals surface area (Å²) < 4.78 is 11.2. The molecule has 2 saturated heterocycles. The highest BCUT2D eigenvalue weighted by atomic mass is 16.5. The van der Waals surface area contributed by atoms with Crippen LogP contribution >= 0.6 is 0 Å². The number of nitrogens with zero attached hydrogens (tertiary/aromatic N) is 6. The summed E-state index contributed by atoms with van der Waals surface area (Å²) in [6, 6.07) is 15.0. The van der Waals surface area contributed by atoms with Gasteiger partial charge in [0.1, 0.15) is 11.5 Å². The Labute approximate surface area is 276 Å². The van der Waals surface area contributed by atoms with Crippen LogP contribution in [-0.4, -0.2) is 102 Å². The summed E-state index contributed by atoms with van der Waals surface area (Å²) in [5, 5.41) is 37.5. The number of aromatic carboxylic acids is 2. The smallest absolute Gasteiger partial charge is 0.359 e. The first kappa shape index (κ1) is 32.2. The predicted molar refractivity (Wildman–Crippen MR) is 172 cm³/mol. The van der Waals surface area contributed by atoms with Gasteiger partial charge in [-0.3, -0.25) is 0 Å². The molecule has 2 aliphatic rings. The van der Waals surface area contributed by atoms with Crippen LogP contribution in [0.4, 0.5) is 0 Å². The average Bonchev–Trinajstić information content (AvgIpc) is 3.75. The standard InChI is InChI=1S/C34H34N8O6/c1-41-16-14-23(7-6-21-10-12-25(13-11-21)47-31-29(33(43)44)35-39-37-31)19-27(41)28-20-24(15-17-42(28)2)9-8-22-4-3-5-26(18-22)48-32-30(34(45)46)36-40-38-32/h3-5,10-13,18,23-24,27-28H,14-17,19-20H2,1-2H3,(H,43,44)(H,45,46)(H,35,37,39)(H,36,38,40). The van der Waals surface area contributed by atoms with Crippen LogP contribution < -0.4 is 9.47 Å². The molecule has 2 aliphatic heterocycles. The normalized spacial score (nSPS) is 21.3. The third kappa shape index (κ3) is 7.63. The van der Waals surface area contributed by atoms with Gasteiger partial charge >= 0.3 is 11.9 Å². The number of aromatic amines is 2. The molecule has 0 amide bonds. The summed E-state index contributed by atoms with van der Waals surface area (Å²) in [5.74, 6) is 12.4.